The summed E-state index contributed by atoms with van der Waals surface area (Å²) in [7, 11) is 1.96. The Kier molecular flexibility index (Phi) is 10.8. The van der Waals surface area contributed by atoms with Crippen molar-refractivity contribution in [2.45, 2.75) is 19.9 Å². The third-order valence-electron chi connectivity index (χ3n) is 5.00. The number of aryl methyl sites for hydroxylation is 1. The fraction of sp³-hybridized carbons (Fsp3) is 0.550. The van der Waals surface area contributed by atoms with E-state index < -0.39 is 0 Å². The molecule has 0 radical (unpaired) electrons. The molecular formula is C20H31ClIN7O. The molecule has 30 heavy (non-hydrogen) atoms. The Morgan fingerprint density at radius 3 is 2.50 bits per heavy atom. The summed E-state index contributed by atoms with van der Waals surface area (Å²) in [6.45, 7) is 8.57. The molecule has 8 nitrogen and oxygen atoms in total. The molecule has 0 amide bonds. The SMILES string of the molecule is Cc1nnc(CN=C(NCCc2ccc(Cl)cc2)NCCN2CCOCC2)n1C.I. The fourth-order valence-corrected chi connectivity index (χ4v) is 3.17. The Labute approximate surface area is 200 Å². The van der Waals surface area contributed by atoms with Gasteiger partial charge in [-0.25, -0.2) is 4.99 Å². The van der Waals surface area contributed by atoms with Crippen molar-refractivity contribution >= 4 is 41.5 Å². The number of hydrogen-bond acceptors (Lipinski definition) is 5. The number of aliphatic imine (C=N–C) groups is 1. The molecule has 1 fully saturated rings. The number of nitrogens with one attached hydrogen (secondary N) is 2. The lowest BCUT2D eigenvalue weighted by Crippen LogP contribution is -2.44. The molecule has 0 saturated carbocycles. The molecule has 1 aromatic heterocycles. The summed E-state index contributed by atoms with van der Waals surface area (Å²) in [5.41, 5.74) is 1.23. The lowest BCUT2D eigenvalue weighted by Gasteiger charge is -2.26. The molecule has 0 atom stereocenters. The normalized spacial score (nSPS) is 15.0. The summed E-state index contributed by atoms with van der Waals surface area (Å²) in [5.74, 6) is 2.51. The van der Waals surface area contributed by atoms with Crippen molar-refractivity contribution in [3.63, 3.8) is 0 Å². The Balaban J connectivity index is 0.00000320. The van der Waals surface area contributed by atoms with E-state index in [1.165, 1.54) is 5.56 Å². The highest BCUT2D eigenvalue weighted by atomic mass is 127. The van der Waals surface area contributed by atoms with Gasteiger partial charge in [0.25, 0.3) is 0 Å². The second-order valence-electron chi connectivity index (χ2n) is 7.07. The molecule has 0 unspecified atom stereocenters. The standard InChI is InChI=1S/C20H30ClN7O.HI/c1-16-25-26-19(27(16)2)15-24-20(23-9-10-28-11-13-29-14-12-28)22-8-7-17-3-5-18(21)6-4-17;/h3-6H,7-15H2,1-2H3,(H2,22,23,24);1H. The lowest BCUT2D eigenvalue weighted by molar-refractivity contribution is 0.0389. The van der Waals surface area contributed by atoms with Crippen molar-refractivity contribution in [1.82, 2.24) is 30.3 Å². The fourth-order valence-electron chi connectivity index (χ4n) is 3.05. The predicted molar refractivity (Wildman–Crippen MR) is 131 cm³/mol. The summed E-state index contributed by atoms with van der Waals surface area (Å²) in [4.78, 5) is 7.10. The molecular weight excluding hydrogens is 517 g/mol. The number of guanidine groups is 1. The van der Waals surface area contributed by atoms with Crippen LogP contribution >= 0.6 is 35.6 Å². The molecule has 1 aliphatic rings. The van der Waals surface area contributed by atoms with E-state index in [4.69, 9.17) is 21.3 Å². The van der Waals surface area contributed by atoms with Crippen molar-refractivity contribution in [2.24, 2.45) is 12.0 Å². The molecule has 3 rings (SSSR count). The smallest absolute Gasteiger partial charge is 0.191 e. The number of hydrogen-bond donors (Lipinski definition) is 2. The lowest BCUT2D eigenvalue weighted by atomic mass is 10.1. The molecule has 0 spiro atoms. The Morgan fingerprint density at radius 1 is 1.13 bits per heavy atom. The minimum atomic E-state index is 0. The summed E-state index contributed by atoms with van der Waals surface area (Å²) < 4.78 is 7.37. The zero-order valence-corrected chi connectivity index (χ0v) is 20.7. The highest BCUT2D eigenvalue weighted by Crippen LogP contribution is 2.09. The Morgan fingerprint density at radius 2 is 1.83 bits per heavy atom. The van der Waals surface area contributed by atoms with E-state index in [1.807, 2.05) is 30.7 Å². The largest absolute Gasteiger partial charge is 0.379 e. The van der Waals surface area contributed by atoms with Crippen molar-refractivity contribution in [1.29, 1.82) is 0 Å². The van der Waals surface area contributed by atoms with E-state index in [-0.39, 0.29) is 24.0 Å². The first-order valence-electron chi connectivity index (χ1n) is 10.0. The van der Waals surface area contributed by atoms with E-state index >= 15 is 0 Å². The van der Waals surface area contributed by atoms with Crippen LogP contribution in [-0.4, -0.2) is 71.6 Å². The third-order valence-corrected chi connectivity index (χ3v) is 5.26. The molecule has 0 bridgehead atoms. The van der Waals surface area contributed by atoms with Gasteiger partial charge >= 0.3 is 0 Å². The van der Waals surface area contributed by atoms with Crippen LogP contribution in [-0.2, 0) is 24.8 Å². The second kappa shape index (κ2) is 13.1. The van der Waals surface area contributed by atoms with Crippen molar-refractivity contribution in [3.8, 4) is 0 Å². The molecule has 1 aliphatic heterocycles. The van der Waals surface area contributed by atoms with Crippen LogP contribution < -0.4 is 10.6 Å². The van der Waals surface area contributed by atoms with Gasteiger partial charge in [-0.3, -0.25) is 4.90 Å². The predicted octanol–water partition coefficient (Wildman–Crippen LogP) is 2.01. The van der Waals surface area contributed by atoms with Gasteiger partial charge in [-0.15, -0.1) is 34.2 Å². The number of morpholine rings is 1. The second-order valence-corrected chi connectivity index (χ2v) is 7.51. The molecule has 10 heteroatoms. The minimum Gasteiger partial charge on any atom is -0.379 e. The van der Waals surface area contributed by atoms with Gasteiger partial charge in [0.15, 0.2) is 11.8 Å². The van der Waals surface area contributed by atoms with Gasteiger partial charge < -0.3 is 19.9 Å². The number of rotatable bonds is 8. The van der Waals surface area contributed by atoms with Crippen LogP contribution in [0.4, 0.5) is 0 Å². The topological polar surface area (TPSA) is 79.6 Å². The van der Waals surface area contributed by atoms with Gasteiger partial charge in [-0.05, 0) is 31.0 Å². The van der Waals surface area contributed by atoms with Crippen molar-refractivity contribution in [3.05, 3.63) is 46.5 Å². The van der Waals surface area contributed by atoms with E-state index in [2.05, 4.69) is 37.9 Å². The maximum atomic E-state index is 5.96. The van der Waals surface area contributed by atoms with E-state index in [1.54, 1.807) is 0 Å². The van der Waals surface area contributed by atoms with Crippen LogP contribution in [0.2, 0.25) is 5.02 Å². The highest BCUT2D eigenvalue weighted by molar-refractivity contribution is 14.0. The number of nitrogens with zero attached hydrogens (tertiary/aromatic N) is 5. The summed E-state index contributed by atoms with van der Waals surface area (Å²) in [6.07, 6.45) is 0.893. The zero-order valence-electron chi connectivity index (χ0n) is 17.6. The first-order chi connectivity index (χ1) is 14.1. The Bertz CT molecular complexity index is 791. The molecule has 2 N–H and O–H groups in total. The highest BCUT2D eigenvalue weighted by Gasteiger charge is 2.10. The minimum absolute atomic E-state index is 0. The summed E-state index contributed by atoms with van der Waals surface area (Å²) in [5, 5.41) is 15.9. The zero-order chi connectivity index (χ0) is 20.5. The summed E-state index contributed by atoms with van der Waals surface area (Å²) in [6, 6.07) is 7.94. The molecule has 166 valence electrons. The Hall–Kier alpha value is -1.43. The van der Waals surface area contributed by atoms with Crippen molar-refractivity contribution in [2.75, 3.05) is 45.9 Å². The van der Waals surface area contributed by atoms with Gasteiger partial charge in [0, 0.05) is 44.8 Å². The first kappa shape index (κ1) is 24.8. The molecule has 2 heterocycles. The van der Waals surface area contributed by atoms with E-state index in [9.17, 15) is 0 Å². The van der Waals surface area contributed by atoms with Gasteiger partial charge in [0.05, 0.1) is 13.2 Å². The van der Waals surface area contributed by atoms with Crippen LogP contribution in [0, 0.1) is 6.92 Å². The maximum Gasteiger partial charge on any atom is 0.191 e. The van der Waals surface area contributed by atoms with Crippen LogP contribution in [0.5, 0.6) is 0 Å². The van der Waals surface area contributed by atoms with E-state index in [0.29, 0.717) is 6.54 Å². The van der Waals surface area contributed by atoms with Crippen LogP contribution in [0.3, 0.4) is 0 Å². The van der Waals surface area contributed by atoms with Gasteiger partial charge in [-0.2, -0.15) is 0 Å². The number of ether oxygens (including phenoxy) is 1. The average Bonchev–Trinajstić information content (AvgIpc) is 3.06. The number of halogens is 2. The van der Waals surface area contributed by atoms with Gasteiger partial charge in [0.1, 0.15) is 12.4 Å². The van der Waals surface area contributed by atoms with Crippen molar-refractivity contribution < 1.29 is 4.74 Å². The van der Waals surface area contributed by atoms with Gasteiger partial charge in [-0.1, -0.05) is 23.7 Å². The molecule has 1 aromatic carbocycles. The van der Waals surface area contributed by atoms with Gasteiger partial charge in [0.2, 0.25) is 0 Å². The maximum absolute atomic E-state index is 5.96. The number of aromatic nitrogens is 3. The van der Waals surface area contributed by atoms with Crippen LogP contribution in [0.15, 0.2) is 29.3 Å². The third kappa shape index (κ3) is 8.01. The summed E-state index contributed by atoms with van der Waals surface area (Å²) >= 11 is 5.96. The average molecular weight is 548 g/mol. The molecule has 0 aliphatic carbocycles. The van der Waals surface area contributed by atoms with Crippen LogP contribution in [0.1, 0.15) is 17.2 Å². The monoisotopic (exact) mass is 547 g/mol. The first-order valence-corrected chi connectivity index (χ1v) is 10.4. The number of benzene rings is 1. The van der Waals surface area contributed by atoms with E-state index in [0.717, 1.165) is 75.0 Å². The molecule has 2 aromatic rings. The van der Waals surface area contributed by atoms with Crippen LogP contribution in [0.25, 0.3) is 0 Å². The molecule has 1 saturated heterocycles. The quantitative estimate of drug-likeness (QED) is 0.299.